The first-order chi connectivity index (χ1) is 7.75. The van der Waals surface area contributed by atoms with Crippen LogP contribution >= 0.6 is 15.9 Å². The predicted molar refractivity (Wildman–Crippen MR) is 69.4 cm³/mol. The molecule has 81 valence electrons. The number of halogens is 1. The minimum Gasteiger partial charge on any atom is -0.488 e. The van der Waals surface area contributed by atoms with Crippen LogP contribution in [0.4, 0.5) is 0 Å². The van der Waals surface area contributed by atoms with E-state index in [4.69, 9.17) is 4.74 Å². The molecule has 0 saturated heterocycles. The second kappa shape index (κ2) is 5.17. The largest absolute Gasteiger partial charge is 0.488 e. The molecule has 0 aromatic heterocycles. The minimum absolute atomic E-state index is 0.579. The van der Waals surface area contributed by atoms with Gasteiger partial charge in [0.05, 0.1) is 4.47 Å². The monoisotopic (exact) mass is 275 g/mol. The molecule has 0 aliphatic heterocycles. The van der Waals surface area contributed by atoms with Gasteiger partial charge in [0.25, 0.3) is 0 Å². The van der Waals surface area contributed by atoms with Crippen molar-refractivity contribution in [2.45, 2.75) is 6.61 Å². The highest BCUT2D eigenvalue weighted by Crippen LogP contribution is 2.26. The van der Waals surface area contributed by atoms with Gasteiger partial charge in [-0.1, -0.05) is 36.4 Å². The first-order valence-corrected chi connectivity index (χ1v) is 5.83. The summed E-state index contributed by atoms with van der Waals surface area (Å²) in [6, 6.07) is 15.9. The van der Waals surface area contributed by atoms with Crippen molar-refractivity contribution >= 4 is 15.9 Å². The van der Waals surface area contributed by atoms with Gasteiger partial charge in [-0.25, -0.2) is 0 Å². The van der Waals surface area contributed by atoms with Crippen molar-refractivity contribution in [3.05, 3.63) is 71.1 Å². The Morgan fingerprint density at radius 3 is 2.50 bits per heavy atom. The molecule has 2 heteroatoms. The Hall–Kier alpha value is -1.28. The van der Waals surface area contributed by atoms with Gasteiger partial charge >= 0.3 is 0 Å². The fraction of sp³-hybridized carbons (Fsp3) is 0.0714. The maximum atomic E-state index is 5.70. The molecule has 0 saturated carbocycles. The van der Waals surface area contributed by atoms with E-state index in [0.717, 1.165) is 21.3 Å². The lowest BCUT2D eigenvalue weighted by Crippen LogP contribution is -1.95. The molecular formula is C14H12BrO. The molecule has 0 unspecified atom stereocenters. The molecule has 0 spiro atoms. The summed E-state index contributed by atoms with van der Waals surface area (Å²) in [5.74, 6) is 0.844. The van der Waals surface area contributed by atoms with Gasteiger partial charge in [0.2, 0.25) is 0 Å². The number of hydrogen-bond acceptors (Lipinski definition) is 1. The number of ether oxygens (including phenoxy) is 1. The van der Waals surface area contributed by atoms with E-state index in [1.807, 2.05) is 48.5 Å². The Labute approximate surface area is 104 Å². The van der Waals surface area contributed by atoms with Crippen LogP contribution in [0.25, 0.3) is 0 Å². The van der Waals surface area contributed by atoms with Crippen molar-refractivity contribution in [3.63, 3.8) is 0 Å². The summed E-state index contributed by atoms with van der Waals surface area (Å²) in [7, 11) is 0. The van der Waals surface area contributed by atoms with Crippen molar-refractivity contribution in [2.75, 3.05) is 0 Å². The molecule has 0 aliphatic rings. The molecule has 0 fully saturated rings. The molecule has 16 heavy (non-hydrogen) atoms. The molecule has 2 aromatic carbocycles. The molecular weight excluding hydrogens is 264 g/mol. The van der Waals surface area contributed by atoms with E-state index in [9.17, 15) is 0 Å². The number of hydrogen-bond donors (Lipinski definition) is 0. The maximum Gasteiger partial charge on any atom is 0.134 e. The molecule has 0 atom stereocenters. The summed E-state index contributed by atoms with van der Waals surface area (Å²) in [5.41, 5.74) is 2.13. The lowest BCUT2D eigenvalue weighted by atomic mass is 10.2. The van der Waals surface area contributed by atoms with Crippen LogP contribution in [-0.4, -0.2) is 0 Å². The summed E-state index contributed by atoms with van der Waals surface area (Å²) >= 11 is 3.46. The van der Waals surface area contributed by atoms with Crippen molar-refractivity contribution < 1.29 is 4.74 Å². The van der Waals surface area contributed by atoms with Gasteiger partial charge in [-0.05, 0) is 46.1 Å². The van der Waals surface area contributed by atoms with Crippen molar-refractivity contribution in [3.8, 4) is 5.75 Å². The predicted octanol–water partition coefficient (Wildman–Crippen LogP) is 4.21. The third-order valence-corrected chi connectivity index (χ3v) is 2.85. The van der Waals surface area contributed by atoms with Crippen LogP contribution in [0.15, 0.2) is 53.0 Å². The molecule has 0 aliphatic carbocycles. The molecule has 0 N–H and O–H groups in total. The average molecular weight is 276 g/mol. The van der Waals surface area contributed by atoms with Crippen molar-refractivity contribution in [1.82, 2.24) is 0 Å². The van der Waals surface area contributed by atoms with Gasteiger partial charge in [-0.2, -0.15) is 0 Å². The zero-order valence-electron chi connectivity index (χ0n) is 8.82. The Bertz CT molecular complexity index is 465. The quantitative estimate of drug-likeness (QED) is 0.816. The Morgan fingerprint density at radius 1 is 1.06 bits per heavy atom. The van der Waals surface area contributed by atoms with Crippen LogP contribution in [0.1, 0.15) is 11.1 Å². The summed E-state index contributed by atoms with van der Waals surface area (Å²) in [6.07, 6.45) is 0. The van der Waals surface area contributed by atoms with Gasteiger partial charge in [0.1, 0.15) is 12.4 Å². The first-order valence-electron chi connectivity index (χ1n) is 5.04. The van der Waals surface area contributed by atoms with Crippen molar-refractivity contribution in [1.29, 1.82) is 0 Å². The van der Waals surface area contributed by atoms with E-state index in [0.29, 0.717) is 6.61 Å². The maximum absolute atomic E-state index is 5.70. The Kier molecular flexibility index (Phi) is 3.62. The third-order valence-electron chi connectivity index (χ3n) is 2.23. The zero-order chi connectivity index (χ0) is 11.4. The smallest absolute Gasteiger partial charge is 0.134 e. The Morgan fingerprint density at radius 2 is 1.81 bits per heavy atom. The molecule has 0 bridgehead atoms. The van der Waals surface area contributed by atoms with Crippen molar-refractivity contribution in [2.24, 2.45) is 0 Å². The average Bonchev–Trinajstić information content (AvgIpc) is 2.29. The van der Waals surface area contributed by atoms with E-state index in [2.05, 4.69) is 22.9 Å². The Balaban J connectivity index is 2.05. The van der Waals surface area contributed by atoms with Crippen LogP contribution < -0.4 is 4.74 Å². The second-order valence-corrected chi connectivity index (χ2v) is 4.39. The standard InChI is InChI=1S/C14H12BrO/c1-11-7-8-14(13(15)9-11)16-10-12-5-3-2-4-6-12/h2-9H,1,10H2. The summed E-state index contributed by atoms with van der Waals surface area (Å²) in [6.45, 7) is 4.43. The molecule has 1 nitrogen and oxygen atoms in total. The molecule has 2 aromatic rings. The summed E-state index contributed by atoms with van der Waals surface area (Å²) in [5, 5.41) is 0. The molecule has 0 heterocycles. The lowest BCUT2D eigenvalue weighted by Gasteiger charge is -2.08. The number of rotatable bonds is 3. The minimum atomic E-state index is 0.579. The van der Waals surface area contributed by atoms with Gasteiger partial charge in [-0.3, -0.25) is 0 Å². The lowest BCUT2D eigenvalue weighted by molar-refractivity contribution is 0.304. The van der Waals surface area contributed by atoms with E-state index < -0.39 is 0 Å². The highest BCUT2D eigenvalue weighted by molar-refractivity contribution is 9.10. The number of benzene rings is 2. The fourth-order valence-electron chi connectivity index (χ4n) is 1.40. The van der Waals surface area contributed by atoms with Crippen LogP contribution in [0.3, 0.4) is 0 Å². The van der Waals surface area contributed by atoms with Gasteiger partial charge in [-0.15, -0.1) is 0 Å². The van der Waals surface area contributed by atoms with E-state index in [-0.39, 0.29) is 0 Å². The van der Waals surface area contributed by atoms with Gasteiger partial charge in [0.15, 0.2) is 0 Å². The molecule has 2 rings (SSSR count). The van der Waals surface area contributed by atoms with Crippen LogP contribution in [0, 0.1) is 6.92 Å². The second-order valence-electron chi connectivity index (χ2n) is 3.54. The van der Waals surface area contributed by atoms with Gasteiger partial charge in [0, 0.05) is 0 Å². The van der Waals surface area contributed by atoms with Gasteiger partial charge < -0.3 is 4.74 Å². The topological polar surface area (TPSA) is 9.23 Å². The SMILES string of the molecule is [CH2]c1ccc(OCc2ccccc2)c(Br)c1. The highest BCUT2D eigenvalue weighted by atomic mass is 79.9. The van der Waals surface area contributed by atoms with Crippen LogP contribution in [0.2, 0.25) is 0 Å². The fourth-order valence-corrected chi connectivity index (χ4v) is 1.94. The third kappa shape index (κ3) is 2.86. The van der Waals surface area contributed by atoms with E-state index in [1.165, 1.54) is 0 Å². The van der Waals surface area contributed by atoms with Crippen LogP contribution in [0.5, 0.6) is 5.75 Å². The normalized spacial score (nSPS) is 10.1. The first kappa shape index (κ1) is 11.2. The molecule has 0 amide bonds. The summed E-state index contributed by atoms with van der Waals surface area (Å²) < 4.78 is 6.64. The van der Waals surface area contributed by atoms with E-state index in [1.54, 1.807) is 0 Å². The zero-order valence-corrected chi connectivity index (χ0v) is 10.4. The highest BCUT2D eigenvalue weighted by Gasteiger charge is 2.01. The summed E-state index contributed by atoms with van der Waals surface area (Å²) in [4.78, 5) is 0. The van der Waals surface area contributed by atoms with E-state index >= 15 is 0 Å². The van der Waals surface area contributed by atoms with Crippen LogP contribution in [-0.2, 0) is 6.61 Å². The molecule has 1 radical (unpaired) electrons.